The molecule has 38 heavy (non-hydrogen) atoms. The number of Topliss-reactive ketones (excluding diaryl/α,β-unsaturated/α-hetero) is 1. The van der Waals surface area contributed by atoms with Gasteiger partial charge in [-0.2, -0.15) is 0 Å². The average Bonchev–Trinajstić information content (AvgIpc) is 3.18. The molecular weight excluding hydrogens is 514 g/mol. The van der Waals surface area contributed by atoms with Gasteiger partial charge in [0.25, 0.3) is 11.7 Å². The number of aliphatic hydroxyl groups excluding tert-OH is 1. The highest BCUT2D eigenvalue weighted by Gasteiger charge is 2.47. The van der Waals surface area contributed by atoms with Gasteiger partial charge in [0, 0.05) is 11.8 Å². The molecule has 1 fully saturated rings. The fourth-order valence-corrected chi connectivity index (χ4v) is 4.61. The van der Waals surface area contributed by atoms with E-state index < -0.39 is 29.5 Å². The molecule has 2 N–H and O–H groups in total. The molecule has 196 valence electrons. The number of hydrogen-bond donors (Lipinski definition) is 2. The van der Waals surface area contributed by atoms with Crippen LogP contribution in [0.3, 0.4) is 0 Å². The number of ketones is 1. The molecule has 9 nitrogen and oxygen atoms in total. The number of aliphatic carboxylic acids is 1. The van der Waals surface area contributed by atoms with Gasteiger partial charge in [0.2, 0.25) is 0 Å². The van der Waals surface area contributed by atoms with Crippen LogP contribution in [0.5, 0.6) is 17.2 Å². The van der Waals surface area contributed by atoms with Crippen LogP contribution in [0.2, 0.25) is 5.02 Å². The van der Waals surface area contributed by atoms with Gasteiger partial charge < -0.3 is 24.4 Å². The van der Waals surface area contributed by atoms with Gasteiger partial charge in [-0.3, -0.25) is 19.3 Å². The van der Waals surface area contributed by atoms with Crippen LogP contribution in [0, 0.1) is 0 Å². The first-order valence-corrected chi connectivity index (χ1v) is 11.8. The molecule has 0 radical (unpaired) electrons. The van der Waals surface area contributed by atoms with Gasteiger partial charge in [0.15, 0.2) is 0 Å². The summed E-state index contributed by atoms with van der Waals surface area (Å²) >= 11 is 6.31. The Labute approximate surface area is 223 Å². The number of aliphatic hydroxyl groups is 1. The van der Waals surface area contributed by atoms with Crippen molar-refractivity contribution in [1.82, 2.24) is 0 Å². The van der Waals surface area contributed by atoms with Crippen LogP contribution in [0.1, 0.15) is 22.7 Å². The molecule has 1 unspecified atom stereocenters. The molecule has 0 saturated carbocycles. The molecule has 0 bridgehead atoms. The molecule has 1 amide bonds. The minimum absolute atomic E-state index is 0.0982. The highest BCUT2D eigenvalue weighted by atomic mass is 35.5. The lowest BCUT2D eigenvalue weighted by atomic mass is 9.94. The summed E-state index contributed by atoms with van der Waals surface area (Å²) in [6.45, 7) is 0. The third-order valence-electron chi connectivity index (χ3n) is 6.15. The van der Waals surface area contributed by atoms with Crippen molar-refractivity contribution < 1.29 is 38.8 Å². The molecule has 10 heteroatoms. The quantitative estimate of drug-likeness (QED) is 0.242. The number of amides is 1. The molecule has 1 atom stereocenters. The van der Waals surface area contributed by atoms with E-state index in [1.807, 2.05) is 0 Å². The maximum Gasteiger partial charge on any atom is 0.307 e. The van der Waals surface area contributed by atoms with Crippen LogP contribution in [0.25, 0.3) is 5.76 Å². The normalized spacial score (nSPS) is 16.4. The molecule has 1 saturated heterocycles. The number of ether oxygens (including phenoxy) is 3. The number of carbonyl (C=O) groups is 3. The Morgan fingerprint density at radius 2 is 1.61 bits per heavy atom. The van der Waals surface area contributed by atoms with Gasteiger partial charge in [0.05, 0.1) is 50.0 Å². The van der Waals surface area contributed by atoms with E-state index in [-0.39, 0.29) is 28.3 Å². The molecule has 1 aliphatic heterocycles. The summed E-state index contributed by atoms with van der Waals surface area (Å²) in [5.41, 5.74) is 1.28. The zero-order valence-electron chi connectivity index (χ0n) is 20.7. The van der Waals surface area contributed by atoms with E-state index in [4.69, 9.17) is 30.9 Å². The summed E-state index contributed by atoms with van der Waals surface area (Å²) in [6.07, 6.45) is -0.198. The molecule has 3 aromatic carbocycles. The number of benzene rings is 3. The standard InChI is InChI=1S/C28H24ClNO8/c1-36-18-6-4-5-16(12-18)25-24(26(33)19-13-20(29)22(38-3)14-21(19)37-2)27(34)28(35)30(25)17-9-7-15(8-10-17)11-23(31)32/h4-10,12-14,25,33H,11H2,1-3H3,(H,31,32)/b26-24+. The van der Waals surface area contributed by atoms with Crippen molar-refractivity contribution in [1.29, 1.82) is 0 Å². The summed E-state index contributed by atoms with van der Waals surface area (Å²) in [5, 5.41) is 20.7. The van der Waals surface area contributed by atoms with E-state index in [9.17, 15) is 19.5 Å². The summed E-state index contributed by atoms with van der Waals surface area (Å²) in [4.78, 5) is 39.2. The second-order valence-electron chi connectivity index (χ2n) is 8.37. The minimum Gasteiger partial charge on any atom is -0.507 e. The SMILES string of the molecule is COc1cccc(C2/C(=C(\O)c3cc(Cl)c(OC)cc3OC)C(=O)C(=O)N2c2ccc(CC(=O)O)cc2)c1. The minimum atomic E-state index is -1.04. The lowest BCUT2D eigenvalue weighted by Crippen LogP contribution is -2.29. The number of carbonyl (C=O) groups excluding carboxylic acids is 2. The highest BCUT2D eigenvalue weighted by Crippen LogP contribution is 2.45. The van der Waals surface area contributed by atoms with Crippen LogP contribution in [-0.4, -0.2) is 49.2 Å². The fourth-order valence-electron chi connectivity index (χ4n) is 4.37. The molecule has 1 heterocycles. The molecule has 4 rings (SSSR count). The van der Waals surface area contributed by atoms with E-state index >= 15 is 0 Å². The Bertz CT molecular complexity index is 1450. The Kier molecular flexibility index (Phi) is 7.59. The number of anilines is 1. The van der Waals surface area contributed by atoms with E-state index in [1.54, 1.807) is 48.5 Å². The molecular formula is C28H24ClNO8. The summed E-state index contributed by atoms with van der Waals surface area (Å²) in [6, 6.07) is 14.8. The first-order chi connectivity index (χ1) is 18.2. The number of carboxylic acid groups (broad SMARTS) is 1. The van der Waals surface area contributed by atoms with Gasteiger partial charge in [-0.25, -0.2) is 0 Å². The van der Waals surface area contributed by atoms with Gasteiger partial charge in [-0.15, -0.1) is 0 Å². The average molecular weight is 538 g/mol. The van der Waals surface area contributed by atoms with Gasteiger partial charge in [-0.1, -0.05) is 35.9 Å². The predicted octanol–water partition coefficient (Wildman–Crippen LogP) is 4.62. The Hall–Kier alpha value is -4.50. The van der Waals surface area contributed by atoms with Crippen molar-refractivity contribution in [2.45, 2.75) is 12.5 Å². The maximum absolute atomic E-state index is 13.4. The zero-order valence-corrected chi connectivity index (χ0v) is 21.5. The predicted molar refractivity (Wildman–Crippen MR) is 140 cm³/mol. The van der Waals surface area contributed by atoms with Crippen LogP contribution >= 0.6 is 11.6 Å². The van der Waals surface area contributed by atoms with E-state index in [2.05, 4.69) is 0 Å². The van der Waals surface area contributed by atoms with E-state index in [1.165, 1.54) is 38.4 Å². The van der Waals surface area contributed by atoms with Crippen LogP contribution in [0.4, 0.5) is 5.69 Å². The number of nitrogens with zero attached hydrogens (tertiary/aromatic N) is 1. The van der Waals surface area contributed by atoms with E-state index in [0.717, 1.165) is 0 Å². The molecule has 3 aromatic rings. The molecule has 1 aliphatic rings. The topological polar surface area (TPSA) is 123 Å². The lowest BCUT2D eigenvalue weighted by molar-refractivity contribution is -0.136. The van der Waals surface area contributed by atoms with E-state index in [0.29, 0.717) is 28.3 Å². The Balaban J connectivity index is 1.94. The fraction of sp³-hybridized carbons (Fsp3) is 0.179. The monoisotopic (exact) mass is 537 g/mol. The number of methoxy groups -OCH3 is 3. The van der Waals surface area contributed by atoms with Crippen LogP contribution in [0.15, 0.2) is 66.2 Å². The van der Waals surface area contributed by atoms with Gasteiger partial charge >= 0.3 is 5.97 Å². The first-order valence-electron chi connectivity index (χ1n) is 11.4. The van der Waals surface area contributed by atoms with Crippen molar-refractivity contribution in [3.8, 4) is 17.2 Å². The molecule has 0 aromatic heterocycles. The number of hydrogen-bond acceptors (Lipinski definition) is 7. The van der Waals surface area contributed by atoms with Gasteiger partial charge in [0.1, 0.15) is 23.0 Å². The Morgan fingerprint density at radius 3 is 2.21 bits per heavy atom. The number of rotatable bonds is 8. The largest absolute Gasteiger partial charge is 0.507 e. The molecule has 0 spiro atoms. The molecule has 0 aliphatic carbocycles. The first kappa shape index (κ1) is 26.6. The summed E-state index contributed by atoms with van der Waals surface area (Å²) in [7, 11) is 4.30. The van der Waals surface area contributed by atoms with Crippen molar-refractivity contribution in [2.24, 2.45) is 0 Å². The lowest BCUT2D eigenvalue weighted by Gasteiger charge is -2.26. The van der Waals surface area contributed by atoms with Crippen molar-refractivity contribution >= 4 is 40.7 Å². The summed E-state index contributed by atoms with van der Waals surface area (Å²) < 4.78 is 16.0. The van der Waals surface area contributed by atoms with Crippen LogP contribution < -0.4 is 19.1 Å². The number of carboxylic acids is 1. The van der Waals surface area contributed by atoms with Crippen molar-refractivity contribution in [3.05, 3.63) is 87.9 Å². The highest BCUT2D eigenvalue weighted by molar-refractivity contribution is 6.51. The third kappa shape index (κ3) is 4.88. The third-order valence-corrected chi connectivity index (χ3v) is 6.45. The zero-order chi connectivity index (χ0) is 27.6. The summed E-state index contributed by atoms with van der Waals surface area (Å²) in [5.74, 6) is -2.31. The second kappa shape index (κ2) is 10.9. The van der Waals surface area contributed by atoms with Crippen molar-refractivity contribution in [3.63, 3.8) is 0 Å². The Morgan fingerprint density at radius 1 is 0.921 bits per heavy atom. The second-order valence-corrected chi connectivity index (χ2v) is 8.78. The smallest absolute Gasteiger partial charge is 0.307 e. The number of halogens is 1. The maximum atomic E-state index is 13.4. The van der Waals surface area contributed by atoms with Gasteiger partial charge in [-0.05, 0) is 41.5 Å². The van der Waals surface area contributed by atoms with Crippen molar-refractivity contribution in [2.75, 3.05) is 26.2 Å². The van der Waals surface area contributed by atoms with Crippen LogP contribution in [-0.2, 0) is 20.8 Å².